The summed E-state index contributed by atoms with van der Waals surface area (Å²) < 4.78 is 19.7. The highest BCUT2D eigenvalue weighted by molar-refractivity contribution is 7.21. The highest BCUT2D eigenvalue weighted by Gasteiger charge is 2.13. The highest BCUT2D eigenvalue weighted by atomic mass is 32.1. The second-order valence-corrected chi connectivity index (χ2v) is 7.72. The summed E-state index contributed by atoms with van der Waals surface area (Å²) in [5.41, 5.74) is 0.632. The first-order chi connectivity index (χ1) is 13.7. The molecule has 1 aromatic carbocycles. The second-order valence-electron chi connectivity index (χ2n) is 5.75. The molecule has 4 aromatic rings. The topological polar surface area (TPSA) is 64.1 Å². The maximum atomic E-state index is 14.3. The standard InChI is InChI=1S/C20H14FN3O2S2/c21-15-9-13(5-6-16(15)26-14-3-1-7-22-11-14)10-23-19(25)18-12-24-20(28-18)17-4-2-8-27-17/h1-9,11-12H,10H2,(H,23,25). The van der Waals surface area contributed by atoms with E-state index in [0.29, 0.717) is 16.2 Å². The van der Waals surface area contributed by atoms with Gasteiger partial charge < -0.3 is 10.1 Å². The summed E-state index contributed by atoms with van der Waals surface area (Å²) in [4.78, 5) is 22.1. The molecule has 28 heavy (non-hydrogen) atoms. The molecule has 0 atom stereocenters. The van der Waals surface area contributed by atoms with E-state index in [2.05, 4.69) is 15.3 Å². The lowest BCUT2D eigenvalue weighted by Gasteiger charge is -2.08. The number of ether oxygens (including phenoxy) is 1. The largest absolute Gasteiger partial charge is 0.453 e. The molecule has 1 amide bonds. The van der Waals surface area contributed by atoms with Gasteiger partial charge in [0.1, 0.15) is 15.6 Å². The lowest BCUT2D eigenvalue weighted by atomic mass is 10.2. The molecule has 5 nitrogen and oxygen atoms in total. The molecule has 8 heteroatoms. The van der Waals surface area contributed by atoms with Crippen molar-refractivity contribution in [2.24, 2.45) is 0 Å². The Labute approximate surface area is 168 Å². The Kier molecular flexibility index (Phi) is 5.41. The van der Waals surface area contributed by atoms with Gasteiger partial charge in [-0.25, -0.2) is 9.37 Å². The van der Waals surface area contributed by atoms with Crippen molar-refractivity contribution in [1.29, 1.82) is 0 Å². The summed E-state index contributed by atoms with van der Waals surface area (Å²) in [7, 11) is 0. The van der Waals surface area contributed by atoms with Crippen molar-refractivity contribution < 1.29 is 13.9 Å². The molecule has 0 aliphatic carbocycles. The number of nitrogens with one attached hydrogen (secondary N) is 1. The molecule has 0 saturated heterocycles. The Morgan fingerprint density at radius 3 is 2.86 bits per heavy atom. The molecule has 3 heterocycles. The van der Waals surface area contributed by atoms with Crippen LogP contribution >= 0.6 is 22.7 Å². The number of amides is 1. The Bertz CT molecular complexity index is 1080. The number of hydrogen-bond donors (Lipinski definition) is 1. The smallest absolute Gasteiger partial charge is 0.263 e. The first kappa shape index (κ1) is 18.3. The Balaban J connectivity index is 1.38. The zero-order valence-corrected chi connectivity index (χ0v) is 16.1. The Morgan fingerprint density at radius 1 is 1.18 bits per heavy atom. The van der Waals surface area contributed by atoms with E-state index in [1.165, 1.54) is 29.7 Å². The van der Waals surface area contributed by atoms with Crippen molar-refractivity contribution in [3.05, 3.63) is 82.7 Å². The minimum Gasteiger partial charge on any atom is -0.453 e. The first-order valence-corrected chi connectivity index (χ1v) is 10.0. The van der Waals surface area contributed by atoms with Crippen LogP contribution in [-0.2, 0) is 6.54 Å². The monoisotopic (exact) mass is 411 g/mol. The van der Waals surface area contributed by atoms with Gasteiger partial charge in [0.2, 0.25) is 0 Å². The zero-order chi connectivity index (χ0) is 19.3. The van der Waals surface area contributed by atoms with Gasteiger partial charge in [0.05, 0.1) is 17.3 Å². The summed E-state index contributed by atoms with van der Waals surface area (Å²) in [6.45, 7) is 0.204. The fourth-order valence-corrected chi connectivity index (χ4v) is 4.07. The minimum atomic E-state index is -0.506. The molecule has 4 rings (SSSR count). The second kappa shape index (κ2) is 8.28. The van der Waals surface area contributed by atoms with Crippen LogP contribution in [0.1, 0.15) is 15.2 Å². The number of carbonyl (C=O) groups is 1. The van der Waals surface area contributed by atoms with Crippen LogP contribution in [0.15, 0.2) is 66.4 Å². The van der Waals surface area contributed by atoms with Crippen molar-refractivity contribution in [2.75, 3.05) is 0 Å². The van der Waals surface area contributed by atoms with E-state index in [1.54, 1.807) is 41.9 Å². The predicted octanol–water partition coefficient (Wildman–Crippen LogP) is 5.13. The van der Waals surface area contributed by atoms with Gasteiger partial charge in [-0.15, -0.1) is 22.7 Å². The number of rotatable bonds is 6. The lowest BCUT2D eigenvalue weighted by molar-refractivity contribution is 0.0954. The van der Waals surface area contributed by atoms with Gasteiger partial charge in [-0.05, 0) is 41.3 Å². The number of pyridine rings is 1. The zero-order valence-electron chi connectivity index (χ0n) is 14.5. The number of thiophene rings is 1. The van der Waals surface area contributed by atoms with Crippen molar-refractivity contribution >= 4 is 28.6 Å². The Morgan fingerprint density at radius 2 is 2.11 bits per heavy atom. The summed E-state index contributed by atoms with van der Waals surface area (Å²) in [5.74, 6) is -0.190. The first-order valence-electron chi connectivity index (χ1n) is 8.33. The molecule has 0 radical (unpaired) electrons. The Hall–Kier alpha value is -3.10. The normalized spacial score (nSPS) is 10.6. The minimum absolute atomic E-state index is 0.103. The van der Waals surface area contributed by atoms with Crippen LogP contribution in [0.3, 0.4) is 0 Å². The van der Waals surface area contributed by atoms with Crippen LogP contribution in [0.5, 0.6) is 11.5 Å². The molecule has 1 N–H and O–H groups in total. The molecule has 0 aliphatic heterocycles. The summed E-state index contributed by atoms with van der Waals surface area (Å²) in [5, 5.41) is 5.56. The average molecular weight is 411 g/mol. The van der Waals surface area contributed by atoms with Crippen LogP contribution in [0.2, 0.25) is 0 Å². The fraction of sp³-hybridized carbons (Fsp3) is 0.0500. The van der Waals surface area contributed by atoms with Gasteiger partial charge in [0, 0.05) is 12.7 Å². The van der Waals surface area contributed by atoms with Crippen LogP contribution in [0, 0.1) is 5.82 Å². The van der Waals surface area contributed by atoms with Crippen LogP contribution in [0.4, 0.5) is 4.39 Å². The number of nitrogens with zero attached hydrogens (tertiary/aromatic N) is 2. The molecule has 0 unspecified atom stereocenters. The quantitative estimate of drug-likeness (QED) is 0.478. The molecule has 0 aliphatic rings. The third-order valence-electron chi connectivity index (χ3n) is 3.77. The molecule has 3 aromatic heterocycles. The average Bonchev–Trinajstić information content (AvgIpc) is 3.40. The van der Waals surface area contributed by atoms with Crippen LogP contribution < -0.4 is 10.1 Å². The van der Waals surface area contributed by atoms with Crippen LogP contribution in [-0.4, -0.2) is 15.9 Å². The van der Waals surface area contributed by atoms with E-state index in [9.17, 15) is 9.18 Å². The van der Waals surface area contributed by atoms with E-state index in [4.69, 9.17) is 4.74 Å². The summed E-state index contributed by atoms with van der Waals surface area (Å²) >= 11 is 2.90. The molecular formula is C20H14FN3O2S2. The maximum absolute atomic E-state index is 14.3. The lowest BCUT2D eigenvalue weighted by Crippen LogP contribution is -2.21. The summed E-state index contributed by atoms with van der Waals surface area (Å²) in [6.07, 6.45) is 4.68. The van der Waals surface area contributed by atoms with Crippen molar-refractivity contribution in [2.45, 2.75) is 6.54 Å². The number of halogens is 1. The third kappa shape index (κ3) is 4.24. The number of benzene rings is 1. The number of hydrogen-bond acceptors (Lipinski definition) is 6. The molecule has 0 fully saturated rings. The van der Waals surface area contributed by atoms with Crippen molar-refractivity contribution in [1.82, 2.24) is 15.3 Å². The number of thiazole rings is 1. The van der Waals surface area contributed by atoms with Gasteiger partial charge >= 0.3 is 0 Å². The van der Waals surface area contributed by atoms with Gasteiger partial charge in [-0.1, -0.05) is 12.1 Å². The molecule has 140 valence electrons. The van der Waals surface area contributed by atoms with Gasteiger partial charge in [0.15, 0.2) is 11.6 Å². The van der Waals surface area contributed by atoms with Crippen molar-refractivity contribution in [3.8, 4) is 21.4 Å². The highest BCUT2D eigenvalue weighted by Crippen LogP contribution is 2.29. The maximum Gasteiger partial charge on any atom is 0.263 e. The van der Waals surface area contributed by atoms with E-state index in [-0.39, 0.29) is 18.2 Å². The number of aromatic nitrogens is 2. The van der Waals surface area contributed by atoms with E-state index in [1.807, 2.05) is 17.5 Å². The molecule has 0 saturated carbocycles. The molecule has 0 spiro atoms. The van der Waals surface area contributed by atoms with Gasteiger partial charge in [-0.2, -0.15) is 0 Å². The summed E-state index contributed by atoms with van der Waals surface area (Å²) in [6, 6.07) is 11.9. The molecule has 0 bridgehead atoms. The van der Waals surface area contributed by atoms with E-state index < -0.39 is 5.82 Å². The van der Waals surface area contributed by atoms with E-state index in [0.717, 1.165) is 9.88 Å². The molecular weight excluding hydrogens is 397 g/mol. The third-order valence-corrected chi connectivity index (χ3v) is 5.81. The van der Waals surface area contributed by atoms with Gasteiger partial charge in [-0.3, -0.25) is 9.78 Å². The number of carbonyl (C=O) groups excluding carboxylic acids is 1. The predicted molar refractivity (Wildman–Crippen MR) is 107 cm³/mol. The fourth-order valence-electron chi connectivity index (χ4n) is 2.43. The van der Waals surface area contributed by atoms with Crippen molar-refractivity contribution in [3.63, 3.8) is 0 Å². The van der Waals surface area contributed by atoms with Crippen LogP contribution in [0.25, 0.3) is 9.88 Å². The van der Waals surface area contributed by atoms with Gasteiger partial charge in [0.25, 0.3) is 5.91 Å². The van der Waals surface area contributed by atoms with E-state index >= 15 is 0 Å². The SMILES string of the molecule is O=C(NCc1ccc(Oc2cccnc2)c(F)c1)c1cnc(-c2cccs2)s1.